The molecule has 138 valence electrons. The first-order valence-corrected chi connectivity index (χ1v) is 9.77. The lowest BCUT2D eigenvalue weighted by Gasteiger charge is -2.26. The molecular weight excluding hydrogens is 338 g/mol. The van der Waals surface area contributed by atoms with E-state index in [1.165, 1.54) is 12.8 Å². The summed E-state index contributed by atoms with van der Waals surface area (Å²) in [5.41, 5.74) is 1.98. The highest BCUT2D eigenvalue weighted by Gasteiger charge is 2.30. The van der Waals surface area contributed by atoms with E-state index in [1.54, 1.807) is 10.7 Å². The van der Waals surface area contributed by atoms with E-state index in [0.29, 0.717) is 12.5 Å². The molecule has 6 heteroatoms. The molecule has 1 saturated carbocycles. The van der Waals surface area contributed by atoms with E-state index in [1.807, 2.05) is 25.1 Å². The van der Waals surface area contributed by atoms with Gasteiger partial charge in [0.05, 0.1) is 24.0 Å². The van der Waals surface area contributed by atoms with Gasteiger partial charge in [-0.2, -0.15) is 10.2 Å². The van der Waals surface area contributed by atoms with Gasteiger partial charge in [-0.1, -0.05) is 24.3 Å². The van der Waals surface area contributed by atoms with Crippen molar-refractivity contribution in [2.45, 2.75) is 51.1 Å². The van der Waals surface area contributed by atoms with E-state index in [2.05, 4.69) is 32.3 Å². The van der Waals surface area contributed by atoms with Crippen molar-refractivity contribution in [2.24, 2.45) is 0 Å². The minimum absolute atomic E-state index is 0.0221. The van der Waals surface area contributed by atoms with Crippen molar-refractivity contribution in [3.05, 3.63) is 58.1 Å². The number of fused-ring (bicyclic) bond motifs is 1. The number of aromatic nitrogens is 4. The molecule has 1 aromatic carbocycles. The number of rotatable bonds is 4. The zero-order valence-electron chi connectivity index (χ0n) is 15.5. The second kappa shape index (κ2) is 6.44. The molecule has 0 amide bonds. The fourth-order valence-electron chi connectivity index (χ4n) is 4.13. The second-order valence-electron chi connectivity index (χ2n) is 7.70. The molecule has 2 aromatic heterocycles. The highest BCUT2D eigenvalue weighted by Crippen LogP contribution is 2.38. The molecule has 3 heterocycles. The summed E-state index contributed by atoms with van der Waals surface area (Å²) in [6, 6.07) is 12.1. The molecule has 2 aliphatic rings. The topological polar surface area (TPSA) is 63.9 Å². The third kappa shape index (κ3) is 2.99. The lowest BCUT2D eigenvalue weighted by Crippen LogP contribution is -2.38. The normalized spacial score (nSPS) is 19.7. The number of nitrogens with zero attached hydrogens (tertiary/aromatic N) is 5. The molecule has 0 bridgehead atoms. The van der Waals surface area contributed by atoms with Gasteiger partial charge in [0.15, 0.2) is 5.82 Å². The third-order valence-electron chi connectivity index (χ3n) is 5.77. The number of hydrogen-bond acceptors (Lipinski definition) is 5. The van der Waals surface area contributed by atoms with Gasteiger partial charge in [0.2, 0.25) is 0 Å². The molecule has 0 radical (unpaired) electrons. The van der Waals surface area contributed by atoms with Gasteiger partial charge in [-0.15, -0.1) is 5.10 Å². The lowest BCUT2D eigenvalue weighted by atomic mass is 10.1. The highest BCUT2D eigenvalue weighted by molar-refractivity contribution is 5.93. The smallest absolute Gasteiger partial charge is 0.266 e. The first kappa shape index (κ1) is 16.4. The Labute approximate surface area is 157 Å². The van der Waals surface area contributed by atoms with E-state index in [0.717, 1.165) is 47.4 Å². The maximum Gasteiger partial charge on any atom is 0.266 e. The Morgan fingerprint density at radius 2 is 1.85 bits per heavy atom. The summed E-state index contributed by atoms with van der Waals surface area (Å²) < 4.78 is 1.65. The van der Waals surface area contributed by atoms with Crippen LogP contribution in [0.1, 0.15) is 43.0 Å². The van der Waals surface area contributed by atoms with Crippen LogP contribution in [0.25, 0.3) is 10.8 Å². The van der Waals surface area contributed by atoms with Crippen molar-refractivity contribution >= 4 is 16.6 Å². The minimum Gasteiger partial charge on any atom is -0.350 e. The van der Waals surface area contributed by atoms with E-state index in [4.69, 9.17) is 0 Å². The van der Waals surface area contributed by atoms with Gasteiger partial charge in [-0.25, -0.2) is 4.68 Å². The van der Waals surface area contributed by atoms with E-state index in [-0.39, 0.29) is 11.6 Å². The maximum absolute atomic E-state index is 12.4. The predicted octanol–water partition coefficient (Wildman–Crippen LogP) is 3.04. The molecule has 27 heavy (non-hydrogen) atoms. The first-order chi connectivity index (χ1) is 13.2. The predicted molar refractivity (Wildman–Crippen MR) is 105 cm³/mol. The molecule has 3 aromatic rings. The summed E-state index contributed by atoms with van der Waals surface area (Å²) >= 11 is 0. The lowest BCUT2D eigenvalue weighted by molar-refractivity contribution is 0.480. The third-order valence-corrected chi connectivity index (χ3v) is 5.77. The quantitative estimate of drug-likeness (QED) is 0.715. The van der Waals surface area contributed by atoms with Gasteiger partial charge in [0, 0.05) is 29.3 Å². The Hall–Kier alpha value is -2.76. The fourth-order valence-corrected chi connectivity index (χ4v) is 4.13. The molecule has 1 unspecified atom stereocenters. The van der Waals surface area contributed by atoms with Gasteiger partial charge in [0.25, 0.3) is 5.56 Å². The highest BCUT2D eigenvalue weighted by atomic mass is 16.1. The number of benzene rings is 1. The largest absolute Gasteiger partial charge is 0.350 e. The van der Waals surface area contributed by atoms with Crippen LogP contribution in [0, 0.1) is 6.92 Å². The van der Waals surface area contributed by atoms with Crippen molar-refractivity contribution in [1.82, 2.24) is 20.0 Å². The van der Waals surface area contributed by atoms with Gasteiger partial charge in [-0.3, -0.25) is 4.79 Å². The van der Waals surface area contributed by atoms with E-state index >= 15 is 0 Å². The number of aryl methyl sites for hydroxylation is 1. The Balaban J connectivity index is 1.49. The molecule has 1 aliphatic carbocycles. The molecule has 1 aliphatic heterocycles. The Morgan fingerprint density at radius 3 is 2.67 bits per heavy atom. The Kier molecular flexibility index (Phi) is 3.92. The zero-order chi connectivity index (χ0) is 18.4. The summed E-state index contributed by atoms with van der Waals surface area (Å²) in [5.74, 6) is 1.47. The SMILES string of the molecule is Cc1nnc(N2CCCC2Cn2nc(C3CC3)ccc2=O)c2ccccc12. The van der Waals surface area contributed by atoms with Crippen LogP contribution in [0.3, 0.4) is 0 Å². The van der Waals surface area contributed by atoms with Crippen LogP contribution in [0.4, 0.5) is 5.82 Å². The fraction of sp³-hybridized carbons (Fsp3) is 0.429. The second-order valence-corrected chi connectivity index (χ2v) is 7.70. The Bertz CT molecular complexity index is 1060. The van der Waals surface area contributed by atoms with E-state index in [9.17, 15) is 4.79 Å². The van der Waals surface area contributed by atoms with Crippen molar-refractivity contribution < 1.29 is 0 Å². The van der Waals surface area contributed by atoms with E-state index < -0.39 is 0 Å². The molecular formula is C21H23N5O. The molecule has 6 nitrogen and oxygen atoms in total. The average Bonchev–Trinajstić information content (AvgIpc) is 3.44. The first-order valence-electron chi connectivity index (χ1n) is 9.77. The van der Waals surface area contributed by atoms with Crippen LogP contribution in [0.5, 0.6) is 0 Å². The van der Waals surface area contributed by atoms with Crippen molar-refractivity contribution in [3.63, 3.8) is 0 Å². The van der Waals surface area contributed by atoms with Crippen LogP contribution in [-0.4, -0.2) is 32.6 Å². The van der Waals surface area contributed by atoms with Crippen LogP contribution in [0.15, 0.2) is 41.2 Å². The van der Waals surface area contributed by atoms with Crippen LogP contribution >= 0.6 is 0 Å². The van der Waals surface area contributed by atoms with Crippen molar-refractivity contribution in [1.29, 1.82) is 0 Å². The van der Waals surface area contributed by atoms with Gasteiger partial charge in [-0.05, 0) is 38.7 Å². The zero-order valence-corrected chi connectivity index (χ0v) is 15.5. The van der Waals surface area contributed by atoms with Crippen LogP contribution in [-0.2, 0) is 6.54 Å². The minimum atomic E-state index is -0.0221. The van der Waals surface area contributed by atoms with Gasteiger partial charge >= 0.3 is 0 Å². The maximum atomic E-state index is 12.4. The molecule has 2 fully saturated rings. The molecule has 1 atom stereocenters. The summed E-state index contributed by atoms with van der Waals surface area (Å²) in [7, 11) is 0. The van der Waals surface area contributed by atoms with Gasteiger partial charge < -0.3 is 4.90 Å². The summed E-state index contributed by atoms with van der Waals surface area (Å²) in [5, 5.41) is 15.8. The summed E-state index contributed by atoms with van der Waals surface area (Å²) in [6.45, 7) is 3.53. The van der Waals surface area contributed by atoms with Crippen LogP contribution < -0.4 is 10.5 Å². The summed E-state index contributed by atoms with van der Waals surface area (Å²) in [6.07, 6.45) is 4.49. The Morgan fingerprint density at radius 1 is 1.04 bits per heavy atom. The average molecular weight is 361 g/mol. The number of anilines is 1. The van der Waals surface area contributed by atoms with Gasteiger partial charge in [0.1, 0.15) is 0 Å². The summed E-state index contributed by atoms with van der Waals surface area (Å²) in [4.78, 5) is 14.7. The molecule has 1 saturated heterocycles. The molecule has 5 rings (SSSR count). The van der Waals surface area contributed by atoms with Crippen molar-refractivity contribution in [3.8, 4) is 0 Å². The molecule has 0 spiro atoms. The monoisotopic (exact) mass is 361 g/mol. The standard InChI is InChI=1S/C21H23N5O/c1-14-17-6-2-3-7-18(17)21(23-22-14)25-12-4-5-16(25)13-26-20(27)11-10-19(24-26)15-8-9-15/h2-3,6-7,10-11,15-16H,4-5,8-9,12-13H2,1H3. The molecule has 0 N–H and O–H groups in total. The number of hydrogen-bond donors (Lipinski definition) is 0. The van der Waals surface area contributed by atoms with Crippen molar-refractivity contribution in [2.75, 3.05) is 11.4 Å². The van der Waals surface area contributed by atoms with Crippen LogP contribution in [0.2, 0.25) is 0 Å².